The van der Waals surface area contributed by atoms with E-state index in [-0.39, 0.29) is 11.4 Å². The highest BCUT2D eigenvalue weighted by Crippen LogP contribution is 2.36. The van der Waals surface area contributed by atoms with Gasteiger partial charge in [-0.3, -0.25) is 9.52 Å². The van der Waals surface area contributed by atoms with Gasteiger partial charge in [-0.15, -0.1) is 0 Å². The average molecular weight is 390 g/mol. The summed E-state index contributed by atoms with van der Waals surface area (Å²) in [6, 6.07) is 7.64. The molecule has 0 aliphatic heterocycles. The molecule has 1 unspecified atom stereocenters. The van der Waals surface area contributed by atoms with Gasteiger partial charge in [0.05, 0.1) is 0 Å². The normalized spacial score (nSPS) is 11.9. The molecule has 0 saturated carbocycles. The van der Waals surface area contributed by atoms with Gasteiger partial charge in [-0.2, -0.15) is 8.78 Å². The van der Waals surface area contributed by atoms with Gasteiger partial charge in [0.15, 0.2) is 0 Å². The molecule has 5 nitrogen and oxygen atoms in total. The van der Waals surface area contributed by atoms with E-state index in [0.717, 1.165) is 24.3 Å². The first-order chi connectivity index (χ1) is 11.5. The van der Waals surface area contributed by atoms with Crippen molar-refractivity contribution in [3.05, 3.63) is 53.8 Å². The number of sulfonamides is 1. The second-order valence-electron chi connectivity index (χ2n) is 5.14. The first-order valence-corrected chi connectivity index (χ1v) is 8.92. The minimum atomic E-state index is -4.34. The Morgan fingerprint density at radius 3 is 2.36 bits per heavy atom. The molecule has 0 fully saturated rings. The molecule has 2 N–H and O–H groups in total. The number of hydrogen-bond donors (Lipinski definition) is 2. The van der Waals surface area contributed by atoms with Crippen LogP contribution in [-0.2, 0) is 20.5 Å². The van der Waals surface area contributed by atoms with Crippen molar-refractivity contribution >= 4 is 36.5 Å². The van der Waals surface area contributed by atoms with Gasteiger partial charge in [-0.1, -0.05) is 21.4 Å². The van der Waals surface area contributed by atoms with E-state index in [4.69, 9.17) is 0 Å². The van der Waals surface area contributed by atoms with Gasteiger partial charge in [0, 0.05) is 23.9 Å². The number of alkyl halides is 2. The summed E-state index contributed by atoms with van der Waals surface area (Å²) in [6.07, 6.45) is 0. The molecule has 25 heavy (non-hydrogen) atoms. The number of halogens is 3. The third-order valence-corrected chi connectivity index (χ3v) is 4.79. The molecular weight excluding hydrogens is 376 g/mol. The first kappa shape index (κ1) is 19.2. The standard InChI is InChI=1S/C15H14F3N2O3PS/c1-9(21)19-11-5-6-14(13(16)8-11)25(22,23)20-12-4-2-3-10(7-12)15(17,18)24/h2-8,20H,24H2,1H3,(H,19,21). The van der Waals surface area contributed by atoms with Crippen molar-refractivity contribution in [2.75, 3.05) is 10.0 Å². The molecular formula is C15H14F3N2O3PS. The smallest absolute Gasteiger partial charge is 0.283 e. The van der Waals surface area contributed by atoms with Crippen molar-refractivity contribution in [2.24, 2.45) is 0 Å². The van der Waals surface area contributed by atoms with Crippen LogP contribution in [0.15, 0.2) is 47.4 Å². The second-order valence-corrected chi connectivity index (χ2v) is 7.51. The van der Waals surface area contributed by atoms with Gasteiger partial charge in [0.25, 0.3) is 15.7 Å². The maximum Gasteiger partial charge on any atom is 0.283 e. The van der Waals surface area contributed by atoms with E-state index < -0.39 is 37.9 Å². The first-order valence-electron chi connectivity index (χ1n) is 6.86. The van der Waals surface area contributed by atoms with Crippen LogP contribution in [0.1, 0.15) is 12.5 Å². The van der Waals surface area contributed by atoms with Crippen LogP contribution in [-0.4, -0.2) is 14.3 Å². The third kappa shape index (κ3) is 4.93. The molecule has 0 saturated heterocycles. The van der Waals surface area contributed by atoms with E-state index in [1.54, 1.807) is 0 Å². The molecule has 2 aromatic rings. The topological polar surface area (TPSA) is 75.3 Å². The fraction of sp³-hybridized carbons (Fsp3) is 0.133. The molecule has 134 valence electrons. The Bertz CT molecular complexity index is 914. The number of anilines is 2. The van der Waals surface area contributed by atoms with Gasteiger partial charge in [0.1, 0.15) is 10.7 Å². The SMILES string of the molecule is CC(=O)Nc1ccc(S(=O)(=O)Nc2cccc(C(F)(F)P)c2)c(F)c1. The Hall–Kier alpha value is -2.12. The lowest BCUT2D eigenvalue weighted by Gasteiger charge is -2.14. The minimum absolute atomic E-state index is 0.0913. The molecule has 0 bridgehead atoms. The molecule has 2 rings (SSSR count). The predicted molar refractivity (Wildman–Crippen MR) is 91.6 cm³/mol. The molecule has 0 radical (unpaired) electrons. The Morgan fingerprint density at radius 2 is 1.80 bits per heavy atom. The van der Waals surface area contributed by atoms with Crippen LogP contribution in [0.2, 0.25) is 0 Å². The summed E-state index contributed by atoms with van der Waals surface area (Å²) in [6.45, 7) is 1.22. The summed E-state index contributed by atoms with van der Waals surface area (Å²) >= 11 is 0. The lowest BCUT2D eigenvalue weighted by Crippen LogP contribution is -2.16. The summed E-state index contributed by atoms with van der Waals surface area (Å²) < 4.78 is 67.3. The molecule has 0 heterocycles. The molecule has 0 aliphatic carbocycles. The van der Waals surface area contributed by atoms with Crippen molar-refractivity contribution in [3.63, 3.8) is 0 Å². The molecule has 10 heteroatoms. The van der Waals surface area contributed by atoms with Crippen molar-refractivity contribution in [1.82, 2.24) is 0 Å². The van der Waals surface area contributed by atoms with E-state index >= 15 is 0 Å². The minimum Gasteiger partial charge on any atom is -0.326 e. The maximum atomic E-state index is 14.1. The Labute approximate surface area is 144 Å². The van der Waals surface area contributed by atoms with Gasteiger partial charge >= 0.3 is 0 Å². The summed E-state index contributed by atoms with van der Waals surface area (Å²) in [7, 11) is -2.99. The summed E-state index contributed by atoms with van der Waals surface area (Å²) in [5.41, 5.74) is -3.69. The van der Waals surface area contributed by atoms with Gasteiger partial charge in [0.2, 0.25) is 5.91 Å². The van der Waals surface area contributed by atoms with Crippen LogP contribution in [0.5, 0.6) is 0 Å². The number of benzene rings is 2. The number of nitrogens with one attached hydrogen (secondary N) is 2. The number of amides is 1. The lowest BCUT2D eigenvalue weighted by atomic mass is 10.2. The highest BCUT2D eigenvalue weighted by atomic mass is 32.2. The number of carbonyl (C=O) groups excluding carboxylic acids is 1. The highest BCUT2D eigenvalue weighted by Gasteiger charge is 2.25. The summed E-state index contributed by atoms with van der Waals surface area (Å²) in [5, 5.41) is 2.32. The van der Waals surface area contributed by atoms with Crippen LogP contribution in [0.4, 0.5) is 24.5 Å². The summed E-state index contributed by atoms with van der Waals surface area (Å²) in [4.78, 5) is 10.3. The Morgan fingerprint density at radius 1 is 1.12 bits per heavy atom. The van der Waals surface area contributed by atoms with Crippen LogP contribution in [0.3, 0.4) is 0 Å². The Kier molecular flexibility index (Phi) is 5.39. The second kappa shape index (κ2) is 7.01. The largest absolute Gasteiger partial charge is 0.326 e. The fourth-order valence-electron chi connectivity index (χ4n) is 2.00. The lowest BCUT2D eigenvalue weighted by molar-refractivity contribution is -0.114. The zero-order chi connectivity index (χ0) is 18.8. The van der Waals surface area contributed by atoms with Crippen LogP contribution in [0.25, 0.3) is 0 Å². The highest BCUT2D eigenvalue weighted by molar-refractivity contribution is 7.92. The summed E-state index contributed by atoms with van der Waals surface area (Å²) in [5.74, 6) is -1.53. The maximum absolute atomic E-state index is 14.1. The van der Waals surface area contributed by atoms with Gasteiger partial charge in [-0.25, -0.2) is 12.8 Å². The molecule has 1 atom stereocenters. The Balaban J connectivity index is 2.32. The third-order valence-electron chi connectivity index (χ3n) is 3.04. The number of hydrogen-bond acceptors (Lipinski definition) is 3. The molecule has 0 spiro atoms. The fourth-order valence-corrected chi connectivity index (χ4v) is 3.29. The average Bonchev–Trinajstić information content (AvgIpc) is 2.45. The van der Waals surface area contributed by atoms with Gasteiger partial charge in [-0.05, 0) is 30.3 Å². The number of rotatable bonds is 5. The van der Waals surface area contributed by atoms with Crippen LogP contribution in [0, 0.1) is 5.82 Å². The zero-order valence-electron chi connectivity index (χ0n) is 12.9. The van der Waals surface area contributed by atoms with E-state index in [2.05, 4.69) is 10.0 Å². The van der Waals surface area contributed by atoms with Crippen LogP contribution < -0.4 is 10.0 Å². The molecule has 0 aromatic heterocycles. The van der Waals surface area contributed by atoms with Crippen LogP contribution >= 0.6 is 9.24 Å². The van der Waals surface area contributed by atoms with E-state index in [1.165, 1.54) is 34.4 Å². The zero-order valence-corrected chi connectivity index (χ0v) is 14.9. The quantitative estimate of drug-likeness (QED) is 0.768. The van der Waals surface area contributed by atoms with E-state index in [0.29, 0.717) is 0 Å². The molecule has 2 aromatic carbocycles. The van der Waals surface area contributed by atoms with Crippen molar-refractivity contribution in [1.29, 1.82) is 0 Å². The molecule has 1 amide bonds. The van der Waals surface area contributed by atoms with E-state index in [9.17, 15) is 26.4 Å². The predicted octanol–water partition coefficient (Wildman–Crippen LogP) is 3.51. The van der Waals surface area contributed by atoms with Gasteiger partial charge < -0.3 is 5.32 Å². The molecule has 0 aliphatic rings. The van der Waals surface area contributed by atoms with Crippen molar-refractivity contribution in [3.8, 4) is 0 Å². The van der Waals surface area contributed by atoms with Crippen molar-refractivity contribution < 1.29 is 26.4 Å². The monoisotopic (exact) mass is 390 g/mol. The van der Waals surface area contributed by atoms with Crippen molar-refractivity contribution in [2.45, 2.75) is 17.5 Å². The number of carbonyl (C=O) groups is 1. The van der Waals surface area contributed by atoms with E-state index in [1.807, 2.05) is 0 Å².